The van der Waals surface area contributed by atoms with Crippen LogP contribution in [0.15, 0.2) is 140 Å². The van der Waals surface area contributed by atoms with Gasteiger partial charge < -0.3 is 4.90 Å². The Morgan fingerprint density at radius 2 is 1.14 bits per heavy atom. The number of nitrogens with zero attached hydrogens (tertiary/aromatic N) is 1. The van der Waals surface area contributed by atoms with E-state index in [1.54, 1.807) is 11.1 Å². The van der Waals surface area contributed by atoms with Gasteiger partial charge in [0.05, 0.1) is 11.4 Å². The number of benzene rings is 6. The molecule has 0 aromatic heterocycles. The normalized spacial score (nSPS) is 24.8. The molecule has 4 aliphatic rings. The molecule has 0 saturated heterocycles. The van der Waals surface area contributed by atoms with Crippen LogP contribution < -0.4 is 4.90 Å². The van der Waals surface area contributed by atoms with Gasteiger partial charge in [-0.05, 0) is 124 Å². The third-order valence-corrected chi connectivity index (χ3v) is 13.6. The van der Waals surface area contributed by atoms with Gasteiger partial charge in [0.15, 0.2) is 0 Å². The number of anilines is 3. The highest BCUT2D eigenvalue weighted by molar-refractivity contribution is 5.98. The average molecular weight is 662 g/mol. The van der Waals surface area contributed by atoms with Crippen molar-refractivity contribution >= 4 is 17.1 Å². The molecule has 1 spiro atoms. The lowest BCUT2D eigenvalue weighted by Gasteiger charge is -2.55. The third-order valence-electron chi connectivity index (χ3n) is 13.6. The van der Waals surface area contributed by atoms with Crippen LogP contribution in [0.1, 0.15) is 75.6 Å². The Bertz CT molecular complexity index is 2290. The zero-order chi connectivity index (χ0) is 34.5. The molecule has 252 valence electrons. The molecular weight excluding hydrogens is 615 g/mol. The molecule has 4 aliphatic carbocycles. The summed E-state index contributed by atoms with van der Waals surface area (Å²) < 4.78 is 0. The van der Waals surface area contributed by atoms with Crippen molar-refractivity contribution in [3.63, 3.8) is 0 Å². The Morgan fingerprint density at radius 3 is 1.94 bits per heavy atom. The Kier molecular flexibility index (Phi) is 6.85. The van der Waals surface area contributed by atoms with E-state index in [4.69, 9.17) is 0 Å². The zero-order valence-electron chi connectivity index (χ0n) is 30.4. The average Bonchev–Trinajstić information content (AvgIpc) is 3.59. The van der Waals surface area contributed by atoms with Gasteiger partial charge in [-0.3, -0.25) is 0 Å². The van der Waals surface area contributed by atoms with Crippen molar-refractivity contribution in [3.8, 4) is 33.4 Å². The molecule has 1 nitrogen and oxygen atoms in total. The molecule has 10 rings (SSSR count). The first-order chi connectivity index (χ1) is 24.9. The second kappa shape index (κ2) is 11.3. The molecule has 0 N–H and O–H groups in total. The predicted molar refractivity (Wildman–Crippen MR) is 214 cm³/mol. The molecule has 2 fully saturated rings. The third kappa shape index (κ3) is 4.33. The van der Waals surface area contributed by atoms with Crippen molar-refractivity contribution in [3.05, 3.63) is 162 Å². The minimum atomic E-state index is -0.0774. The van der Waals surface area contributed by atoms with Crippen LogP contribution in [0.2, 0.25) is 0 Å². The number of fused-ring (bicyclic) bond motifs is 11. The molecule has 0 heterocycles. The maximum absolute atomic E-state index is 2.66. The fourth-order valence-electron chi connectivity index (χ4n) is 11.7. The van der Waals surface area contributed by atoms with Gasteiger partial charge in [-0.1, -0.05) is 143 Å². The zero-order valence-corrected chi connectivity index (χ0v) is 30.4. The van der Waals surface area contributed by atoms with Crippen LogP contribution in [0.25, 0.3) is 33.4 Å². The Labute approximate surface area is 304 Å². The molecule has 0 amide bonds. The largest absolute Gasteiger partial charge is 0.310 e. The van der Waals surface area contributed by atoms with Crippen molar-refractivity contribution in [2.24, 2.45) is 23.7 Å². The summed E-state index contributed by atoms with van der Waals surface area (Å²) in [4.78, 5) is 2.66. The number of hydrogen-bond donors (Lipinski definition) is 0. The van der Waals surface area contributed by atoms with Crippen LogP contribution in [0.5, 0.6) is 0 Å². The summed E-state index contributed by atoms with van der Waals surface area (Å²) in [5.41, 5.74) is 17.8. The van der Waals surface area contributed by atoms with Gasteiger partial charge in [0.2, 0.25) is 0 Å². The van der Waals surface area contributed by atoms with E-state index in [9.17, 15) is 0 Å². The second-order valence-corrected chi connectivity index (χ2v) is 16.7. The highest BCUT2D eigenvalue weighted by Crippen LogP contribution is 2.67. The Balaban J connectivity index is 1.27. The summed E-state index contributed by atoms with van der Waals surface area (Å²) in [6, 6.07) is 53.0. The van der Waals surface area contributed by atoms with E-state index in [2.05, 4.69) is 172 Å². The van der Waals surface area contributed by atoms with E-state index in [0.29, 0.717) is 11.8 Å². The maximum Gasteiger partial charge on any atom is 0.0543 e. The summed E-state index contributed by atoms with van der Waals surface area (Å²) in [5, 5.41) is 0. The van der Waals surface area contributed by atoms with Gasteiger partial charge in [-0.15, -0.1) is 0 Å². The van der Waals surface area contributed by atoms with E-state index in [0.717, 1.165) is 11.8 Å². The fraction of sp³-hybridized carbons (Fsp3) is 0.280. The fourth-order valence-corrected chi connectivity index (χ4v) is 11.7. The second-order valence-electron chi connectivity index (χ2n) is 16.7. The Hall–Kier alpha value is -4.88. The van der Waals surface area contributed by atoms with Gasteiger partial charge in [0.25, 0.3) is 0 Å². The van der Waals surface area contributed by atoms with Gasteiger partial charge in [0.1, 0.15) is 0 Å². The maximum atomic E-state index is 2.66. The monoisotopic (exact) mass is 661 g/mol. The van der Waals surface area contributed by atoms with Crippen LogP contribution >= 0.6 is 0 Å². The van der Waals surface area contributed by atoms with Gasteiger partial charge >= 0.3 is 0 Å². The highest BCUT2D eigenvalue weighted by atomic mass is 15.2. The minimum absolute atomic E-state index is 0.0228. The Morgan fingerprint density at radius 1 is 0.510 bits per heavy atom. The predicted octanol–water partition coefficient (Wildman–Crippen LogP) is 13.5. The molecule has 1 heteroatoms. The number of hydrogen-bond acceptors (Lipinski definition) is 1. The smallest absolute Gasteiger partial charge is 0.0543 e. The van der Waals surface area contributed by atoms with E-state index in [1.807, 2.05) is 0 Å². The molecule has 0 radical (unpaired) electrons. The van der Waals surface area contributed by atoms with Crippen molar-refractivity contribution in [1.82, 2.24) is 0 Å². The van der Waals surface area contributed by atoms with E-state index >= 15 is 0 Å². The summed E-state index contributed by atoms with van der Waals surface area (Å²) >= 11 is 0. The highest BCUT2D eigenvalue weighted by Gasteiger charge is 2.58. The van der Waals surface area contributed by atoms with E-state index in [1.165, 1.54) is 87.3 Å². The molecule has 6 aromatic carbocycles. The van der Waals surface area contributed by atoms with Crippen LogP contribution in [-0.4, -0.2) is 0 Å². The summed E-state index contributed by atoms with van der Waals surface area (Å²) in [6.45, 7) is 9.91. The first-order valence-corrected chi connectivity index (χ1v) is 19.3. The van der Waals surface area contributed by atoms with Crippen LogP contribution in [0.4, 0.5) is 17.1 Å². The lowest BCUT2D eigenvalue weighted by atomic mass is 9.49. The molecule has 0 aliphatic heterocycles. The quantitative estimate of drug-likeness (QED) is 0.182. The van der Waals surface area contributed by atoms with Gasteiger partial charge in [-0.2, -0.15) is 0 Å². The lowest BCUT2D eigenvalue weighted by molar-refractivity contribution is 0.0429. The van der Waals surface area contributed by atoms with Crippen LogP contribution in [0.3, 0.4) is 0 Å². The van der Waals surface area contributed by atoms with E-state index in [-0.39, 0.29) is 10.8 Å². The molecular formula is C50H47N. The van der Waals surface area contributed by atoms with Crippen molar-refractivity contribution < 1.29 is 0 Å². The van der Waals surface area contributed by atoms with Crippen molar-refractivity contribution in [2.45, 2.75) is 64.2 Å². The SMILES string of the molecule is CC1CC2CC(C)C3(c4ccccc4-c4cccc(N(c5ccc(-c6ccccc6)cc5)c5cccc6c5-c5ccccc5C6(C)C)c43)C(C1)C2. The summed E-state index contributed by atoms with van der Waals surface area (Å²) in [7, 11) is 0. The van der Waals surface area contributed by atoms with Crippen LogP contribution in [-0.2, 0) is 10.8 Å². The molecule has 2 bridgehead atoms. The van der Waals surface area contributed by atoms with E-state index < -0.39 is 0 Å². The standard InChI is InChI=1S/C50H47N/c1-32-28-34-30-33(2)50(37(29-32)31-34)43-20-11-8-16-39(43)40-18-12-23-46(48(40)50)51(38-26-24-36(25-27-38)35-14-6-5-7-15-35)45-22-13-21-44-47(45)41-17-9-10-19-42(41)49(44,3)4/h5-27,32-34,37H,28-31H2,1-4H3. The molecule has 51 heavy (non-hydrogen) atoms. The van der Waals surface area contributed by atoms with Crippen LogP contribution in [0, 0.1) is 23.7 Å². The summed E-state index contributed by atoms with van der Waals surface area (Å²) in [6.07, 6.45) is 5.33. The van der Waals surface area contributed by atoms with Crippen molar-refractivity contribution in [2.75, 3.05) is 4.90 Å². The summed E-state index contributed by atoms with van der Waals surface area (Å²) in [5.74, 6) is 2.78. The minimum Gasteiger partial charge on any atom is -0.310 e. The molecule has 5 atom stereocenters. The molecule has 2 saturated carbocycles. The van der Waals surface area contributed by atoms with Gasteiger partial charge in [0, 0.05) is 22.1 Å². The number of rotatable bonds is 4. The first-order valence-electron chi connectivity index (χ1n) is 19.3. The topological polar surface area (TPSA) is 3.24 Å². The lowest BCUT2D eigenvalue weighted by Crippen LogP contribution is -2.49. The van der Waals surface area contributed by atoms with Gasteiger partial charge in [-0.25, -0.2) is 0 Å². The first kappa shape index (κ1) is 30.9. The molecule has 6 aromatic rings. The van der Waals surface area contributed by atoms with Crippen molar-refractivity contribution in [1.29, 1.82) is 0 Å². The molecule has 5 unspecified atom stereocenters.